The number of hydrogen-bond acceptors (Lipinski definition) is 4. The van der Waals surface area contributed by atoms with Gasteiger partial charge in [-0.1, -0.05) is 24.3 Å². The minimum absolute atomic E-state index is 0.0754. The Morgan fingerprint density at radius 1 is 1.14 bits per heavy atom. The number of hydrogen-bond donors (Lipinski definition) is 1. The molecular formula is C15H9FN2O2S. The van der Waals surface area contributed by atoms with E-state index >= 15 is 0 Å². The van der Waals surface area contributed by atoms with Crippen LogP contribution in [-0.4, -0.2) is 9.91 Å². The smallest absolute Gasteiger partial charge is 0.258 e. The molecule has 6 heteroatoms. The van der Waals surface area contributed by atoms with Gasteiger partial charge < -0.3 is 0 Å². The number of nitro benzene ring substituents is 1. The number of non-ortho nitro benzene ring substituents is 1. The van der Waals surface area contributed by atoms with Gasteiger partial charge in [0, 0.05) is 17.0 Å². The molecule has 0 fully saturated rings. The molecule has 3 aromatic rings. The summed E-state index contributed by atoms with van der Waals surface area (Å²) < 4.78 is 13.3. The van der Waals surface area contributed by atoms with Gasteiger partial charge in [-0.25, -0.2) is 9.37 Å². The Kier molecular flexibility index (Phi) is 3.31. The third kappa shape index (κ3) is 2.45. The number of benzene rings is 2. The lowest BCUT2D eigenvalue weighted by Gasteiger charge is -2.07. The van der Waals surface area contributed by atoms with E-state index in [1.54, 1.807) is 30.3 Å². The van der Waals surface area contributed by atoms with E-state index in [2.05, 4.69) is 17.6 Å². The van der Waals surface area contributed by atoms with Crippen molar-refractivity contribution in [3.8, 4) is 11.1 Å². The molecule has 1 heterocycles. The molecule has 0 saturated heterocycles. The molecule has 0 spiro atoms. The van der Waals surface area contributed by atoms with Crippen molar-refractivity contribution in [3.05, 3.63) is 64.5 Å². The molecular weight excluding hydrogens is 291 g/mol. The highest BCUT2D eigenvalue weighted by Gasteiger charge is 2.15. The topological polar surface area (TPSA) is 56.0 Å². The highest BCUT2D eigenvalue weighted by atomic mass is 32.1. The van der Waals surface area contributed by atoms with Crippen LogP contribution in [0.1, 0.15) is 0 Å². The Balaban J connectivity index is 2.28. The summed E-state index contributed by atoms with van der Waals surface area (Å²) >= 11 is 4.28. The average molecular weight is 300 g/mol. The normalized spacial score (nSPS) is 10.8. The number of fused-ring (bicyclic) bond motifs is 1. The number of pyridine rings is 1. The Morgan fingerprint density at radius 2 is 1.90 bits per heavy atom. The van der Waals surface area contributed by atoms with E-state index in [1.807, 2.05) is 0 Å². The van der Waals surface area contributed by atoms with Gasteiger partial charge in [0.05, 0.1) is 4.92 Å². The first-order chi connectivity index (χ1) is 10.1. The first-order valence-electron chi connectivity index (χ1n) is 6.09. The molecule has 0 aliphatic heterocycles. The van der Waals surface area contributed by atoms with Gasteiger partial charge >= 0.3 is 0 Å². The molecule has 104 valence electrons. The first kappa shape index (κ1) is 13.5. The van der Waals surface area contributed by atoms with Crippen LogP contribution >= 0.6 is 12.6 Å². The highest BCUT2D eigenvalue weighted by Crippen LogP contribution is 2.32. The highest BCUT2D eigenvalue weighted by molar-refractivity contribution is 7.80. The monoisotopic (exact) mass is 300 g/mol. The van der Waals surface area contributed by atoms with Crippen molar-refractivity contribution in [1.29, 1.82) is 0 Å². The van der Waals surface area contributed by atoms with E-state index in [-0.39, 0.29) is 17.0 Å². The number of rotatable bonds is 2. The van der Waals surface area contributed by atoms with Crippen molar-refractivity contribution in [2.24, 2.45) is 0 Å². The molecule has 1 aromatic heterocycles. The van der Waals surface area contributed by atoms with E-state index < -0.39 is 4.92 Å². The van der Waals surface area contributed by atoms with Crippen LogP contribution in [-0.2, 0) is 0 Å². The number of nitro groups is 1. The van der Waals surface area contributed by atoms with E-state index in [0.29, 0.717) is 21.5 Å². The van der Waals surface area contributed by atoms with Crippen LogP contribution in [0.15, 0.2) is 53.6 Å². The molecule has 0 N–H and O–H groups in total. The summed E-state index contributed by atoms with van der Waals surface area (Å²) in [4.78, 5) is 14.7. The second-order valence-corrected chi connectivity index (χ2v) is 4.90. The van der Waals surface area contributed by atoms with Gasteiger partial charge in [0.15, 0.2) is 0 Å². The minimum atomic E-state index is -0.482. The van der Waals surface area contributed by atoms with Gasteiger partial charge in [0.2, 0.25) is 0 Å². The number of halogens is 1. The predicted octanol–water partition coefficient (Wildman–Crippen LogP) is 4.24. The van der Waals surface area contributed by atoms with Gasteiger partial charge in [-0.3, -0.25) is 10.1 Å². The van der Waals surface area contributed by atoms with Gasteiger partial charge in [0.25, 0.3) is 5.69 Å². The van der Waals surface area contributed by atoms with Crippen molar-refractivity contribution < 1.29 is 9.31 Å². The van der Waals surface area contributed by atoms with E-state index in [1.165, 1.54) is 18.2 Å². The molecule has 0 unspecified atom stereocenters. The molecule has 0 aliphatic rings. The van der Waals surface area contributed by atoms with Crippen LogP contribution in [0.2, 0.25) is 0 Å². The largest absolute Gasteiger partial charge is 0.295 e. The van der Waals surface area contributed by atoms with Crippen LogP contribution in [0, 0.1) is 15.9 Å². The van der Waals surface area contributed by atoms with Gasteiger partial charge in [-0.05, 0) is 23.8 Å². The fraction of sp³-hybridized carbons (Fsp3) is 0. The zero-order valence-corrected chi connectivity index (χ0v) is 11.5. The van der Waals surface area contributed by atoms with Gasteiger partial charge in [0.1, 0.15) is 16.4 Å². The number of para-hydroxylation sites is 1. The lowest BCUT2D eigenvalue weighted by atomic mass is 10.0. The Labute approximate surface area is 124 Å². The first-order valence-corrected chi connectivity index (χ1v) is 6.54. The van der Waals surface area contributed by atoms with Gasteiger partial charge in [-0.15, -0.1) is 12.6 Å². The number of thiol groups is 1. The molecule has 0 bridgehead atoms. The Morgan fingerprint density at radius 3 is 2.62 bits per heavy atom. The van der Waals surface area contributed by atoms with Crippen molar-refractivity contribution in [1.82, 2.24) is 4.98 Å². The van der Waals surface area contributed by atoms with Gasteiger partial charge in [-0.2, -0.15) is 0 Å². The minimum Gasteiger partial charge on any atom is -0.258 e. The number of aromatic nitrogens is 1. The van der Waals surface area contributed by atoms with Crippen LogP contribution in [0.4, 0.5) is 10.1 Å². The third-order valence-electron chi connectivity index (χ3n) is 3.14. The van der Waals surface area contributed by atoms with Crippen LogP contribution in [0.25, 0.3) is 22.0 Å². The fourth-order valence-electron chi connectivity index (χ4n) is 2.19. The maximum absolute atomic E-state index is 13.3. The Hall–Kier alpha value is -2.47. The average Bonchev–Trinajstić information content (AvgIpc) is 2.45. The van der Waals surface area contributed by atoms with Crippen molar-refractivity contribution in [3.63, 3.8) is 0 Å². The molecule has 0 aliphatic carbocycles. The predicted molar refractivity (Wildman–Crippen MR) is 81.0 cm³/mol. The summed E-state index contributed by atoms with van der Waals surface area (Å²) in [7, 11) is 0. The van der Waals surface area contributed by atoms with Crippen molar-refractivity contribution in [2.45, 2.75) is 5.03 Å². The van der Waals surface area contributed by atoms with E-state index in [9.17, 15) is 14.5 Å². The molecule has 0 saturated carbocycles. The zero-order valence-electron chi connectivity index (χ0n) is 10.7. The summed E-state index contributed by atoms with van der Waals surface area (Å²) in [5, 5.41) is 12.0. The summed E-state index contributed by atoms with van der Waals surface area (Å²) in [5.41, 5.74) is 1.45. The van der Waals surface area contributed by atoms with Crippen molar-refractivity contribution >= 4 is 29.2 Å². The molecule has 0 radical (unpaired) electrons. The molecule has 0 atom stereocenters. The summed E-state index contributed by atoms with van der Waals surface area (Å²) in [5.74, 6) is -0.362. The van der Waals surface area contributed by atoms with Crippen LogP contribution in [0.5, 0.6) is 0 Å². The lowest BCUT2D eigenvalue weighted by molar-refractivity contribution is -0.383. The quantitative estimate of drug-likeness (QED) is 0.437. The zero-order chi connectivity index (χ0) is 15.0. The maximum Gasteiger partial charge on any atom is 0.295 e. The van der Waals surface area contributed by atoms with E-state index in [4.69, 9.17) is 0 Å². The standard InChI is InChI=1S/C15H9FN2O2S/c16-11-5-1-3-9(7-11)12-8-10-4-2-6-13(18(19)20)14(10)17-15(12)21/h1-8H,(H,17,21). The fourth-order valence-corrected chi connectivity index (χ4v) is 2.48. The summed E-state index contributed by atoms with van der Waals surface area (Å²) in [6.45, 7) is 0. The number of nitrogens with zero attached hydrogens (tertiary/aromatic N) is 2. The molecule has 0 amide bonds. The van der Waals surface area contributed by atoms with Crippen LogP contribution in [0.3, 0.4) is 0 Å². The van der Waals surface area contributed by atoms with E-state index in [0.717, 1.165) is 0 Å². The molecule has 21 heavy (non-hydrogen) atoms. The lowest BCUT2D eigenvalue weighted by Crippen LogP contribution is -1.93. The second-order valence-electron chi connectivity index (χ2n) is 4.48. The summed E-state index contributed by atoms with van der Waals surface area (Å²) in [6, 6.07) is 12.5. The molecule has 3 rings (SSSR count). The molecule has 2 aromatic carbocycles. The second kappa shape index (κ2) is 5.14. The van der Waals surface area contributed by atoms with Crippen molar-refractivity contribution in [2.75, 3.05) is 0 Å². The maximum atomic E-state index is 13.3. The van der Waals surface area contributed by atoms with Crippen LogP contribution < -0.4 is 0 Å². The third-order valence-corrected chi connectivity index (χ3v) is 3.48. The Bertz CT molecular complexity index is 867. The molecule has 4 nitrogen and oxygen atoms in total. The SMILES string of the molecule is O=[N+]([O-])c1cccc2cc(-c3cccc(F)c3)c(S)nc12. The summed E-state index contributed by atoms with van der Waals surface area (Å²) in [6.07, 6.45) is 0.